The molecule has 0 aromatic heterocycles. The van der Waals surface area contributed by atoms with Crippen molar-refractivity contribution in [1.29, 1.82) is 0 Å². The van der Waals surface area contributed by atoms with Gasteiger partial charge in [0.2, 0.25) is 0 Å². The molecule has 0 bridgehead atoms. The van der Waals surface area contributed by atoms with Gasteiger partial charge in [-0.3, -0.25) is 5.32 Å². The van der Waals surface area contributed by atoms with Crippen LogP contribution in [0.3, 0.4) is 0 Å². The molecule has 0 N–H and O–H groups in total. The maximum absolute atomic E-state index is 4.69. The molecule has 0 fully saturated rings. The summed E-state index contributed by atoms with van der Waals surface area (Å²) in [6.45, 7) is 4.17. The number of aryl methyl sites for hydroxylation is 1. The first-order valence-corrected chi connectivity index (χ1v) is 5.85. The SMILES string of the molecule is CC1=c2ccccc2=C(c2ccc(C)cc2)[N]1. The highest BCUT2D eigenvalue weighted by Gasteiger charge is 2.12. The number of fused-ring (bicyclic) bond motifs is 1. The van der Waals surface area contributed by atoms with Gasteiger partial charge >= 0.3 is 0 Å². The molecule has 0 saturated heterocycles. The Hall–Kier alpha value is -2.02. The van der Waals surface area contributed by atoms with Crippen LogP contribution in [-0.4, -0.2) is 0 Å². The molecule has 1 heterocycles. The number of nitrogens with zero attached hydrogens (tertiary/aromatic N) is 1. The Balaban J connectivity index is 2.28. The monoisotopic (exact) mass is 220 g/mol. The highest BCUT2D eigenvalue weighted by molar-refractivity contribution is 5.73. The van der Waals surface area contributed by atoms with E-state index in [9.17, 15) is 0 Å². The smallest absolute Gasteiger partial charge is 0.0784 e. The summed E-state index contributed by atoms with van der Waals surface area (Å²) in [5.74, 6) is 0. The Morgan fingerprint density at radius 2 is 1.41 bits per heavy atom. The Kier molecular flexibility index (Phi) is 2.25. The van der Waals surface area contributed by atoms with E-state index in [0.29, 0.717) is 0 Å². The number of hydrogen-bond acceptors (Lipinski definition) is 0. The van der Waals surface area contributed by atoms with E-state index in [1.54, 1.807) is 0 Å². The summed E-state index contributed by atoms with van der Waals surface area (Å²) in [5, 5.41) is 7.19. The van der Waals surface area contributed by atoms with E-state index in [4.69, 9.17) is 0 Å². The van der Waals surface area contributed by atoms with Crippen LogP contribution in [0.15, 0.2) is 48.5 Å². The minimum Gasteiger partial charge on any atom is -0.252 e. The molecule has 1 nitrogen and oxygen atoms in total. The van der Waals surface area contributed by atoms with Gasteiger partial charge in [0.1, 0.15) is 0 Å². The second-order valence-electron chi connectivity index (χ2n) is 4.46. The third-order valence-corrected chi connectivity index (χ3v) is 3.18. The zero-order valence-corrected chi connectivity index (χ0v) is 10.1. The van der Waals surface area contributed by atoms with Gasteiger partial charge in [-0.25, -0.2) is 0 Å². The molecular formula is C16H14N. The predicted molar refractivity (Wildman–Crippen MR) is 70.6 cm³/mol. The quantitative estimate of drug-likeness (QED) is 0.697. The van der Waals surface area contributed by atoms with E-state index in [1.807, 2.05) is 0 Å². The summed E-state index contributed by atoms with van der Waals surface area (Å²) >= 11 is 0. The molecule has 0 aliphatic carbocycles. The Labute approximate surface area is 101 Å². The lowest BCUT2D eigenvalue weighted by Gasteiger charge is -2.04. The minimum atomic E-state index is 1.10. The lowest BCUT2D eigenvalue weighted by Crippen LogP contribution is -2.23. The van der Waals surface area contributed by atoms with Crippen molar-refractivity contribution >= 4 is 11.4 Å². The van der Waals surface area contributed by atoms with Crippen LogP contribution in [-0.2, 0) is 0 Å². The van der Waals surface area contributed by atoms with Crippen molar-refractivity contribution in [3.8, 4) is 0 Å². The van der Waals surface area contributed by atoms with Crippen LogP contribution in [0.1, 0.15) is 18.1 Å². The molecule has 1 heteroatoms. The third kappa shape index (κ3) is 1.64. The highest BCUT2D eigenvalue weighted by Crippen LogP contribution is 2.14. The third-order valence-electron chi connectivity index (χ3n) is 3.18. The second-order valence-corrected chi connectivity index (χ2v) is 4.46. The van der Waals surface area contributed by atoms with Crippen LogP contribution in [0.25, 0.3) is 11.4 Å². The summed E-state index contributed by atoms with van der Waals surface area (Å²) in [6.07, 6.45) is 0. The van der Waals surface area contributed by atoms with Crippen LogP contribution in [0.4, 0.5) is 0 Å². The van der Waals surface area contributed by atoms with Crippen LogP contribution >= 0.6 is 0 Å². The Morgan fingerprint density at radius 3 is 2.12 bits per heavy atom. The van der Waals surface area contributed by atoms with Crippen LogP contribution in [0, 0.1) is 6.92 Å². The highest BCUT2D eigenvalue weighted by atomic mass is 14.9. The summed E-state index contributed by atoms with van der Waals surface area (Å²) in [6, 6.07) is 17.0. The van der Waals surface area contributed by atoms with Crippen molar-refractivity contribution in [2.45, 2.75) is 13.8 Å². The summed E-state index contributed by atoms with van der Waals surface area (Å²) in [7, 11) is 0. The zero-order chi connectivity index (χ0) is 11.8. The summed E-state index contributed by atoms with van der Waals surface area (Å²) in [5.41, 5.74) is 4.68. The van der Waals surface area contributed by atoms with Crippen molar-refractivity contribution in [3.63, 3.8) is 0 Å². The standard InChI is InChI=1S/C16H14N/c1-11-7-9-13(10-8-11)16-15-6-4-3-5-14(15)12(2)17-16/h3-10H,1-2H3. The molecule has 1 aliphatic rings. The van der Waals surface area contributed by atoms with Crippen molar-refractivity contribution in [2.24, 2.45) is 0 Å². The first kappa shape index (κ1) is 10.2. The normalized spacial score (nSPS) is 13.5. The molecule has 0 atom stereocenters. The Bertz CT molecular complexity index is 678. The zero-order valence-electron chi connectivity index (χ0n) is 10.1. The molecule has 83 valence electrons. The van der Waals surface area contributed by atoms with E-state index < -0.39 is 0 Å². The van der Waals surface area contributed by atoms with E-state index in [2.05, 4.69) is 67.7 Å². The van der Waals surface area contributed by atoms with E-state index >= 15 is 0 Å². The van der Waals surface area contributed by atoms with Crippen molar-refractivity contribution in [1.82, 2.24) is 5.32 Å². The van der Waals surface area contributed by atoms with Gasteiger partial charge in [-0.1, -0.05) is 54.1 Å². The van der Waals surface area contributed by atoms with Gasteiger partial charge in [0.15, 0.2) is 0 Å². The molecule has 1 aliphatic heterocycles. The molecule has 2 aromatic carbocycles. The van der Waals surface area contributed by atoms with Crippen LogP contribution in [0.2, 0.25) is 0 Å². The van der Waals surface area contributed by atoms with Crippen LogP contribution in [0.5, 0.6) is 0 Å². The van der Waals surface area contributed by atoms with E-state index in [1.165, 1.54) is 21.6 Å². The molecule has 1 radical (unpaired) electrons. The van der Waals surface area contributed by atoms with Gasteiger partial charge in [-0.05, 0) is 13.8 Å². The van der Waals surface area contributed by atoms with Gasteiger partial charge in [0.25, 0.3) is 0 Å². The van der Waals surface area contributed by atoms with Crippen LogP contribution < -0.4 is 15.8 Å². The van der Waals surface area contributed by atoms with Gasteiger partial charge in [0.05, 0.1) is 5.70 Å². The number of hydrogen-bond donors (Lipinski definition) is 0. The fourth-order valence-electron chi connectivity index (χ4n) is 2.22. The minimum absolute atomic E-state index is 1.10. The maximum atomic E-state index is 4.69. The molecule has 2 aromatic rings. The average Bonchev–Trinajstić information content (AvgIpc) is 2.69. The fourth-order valence-corrected chi connectivity index (χ4v) is 2.22. The fraction of sp³-hybridized carbons (Fsp3) is 0.125. The van der Waals surface area contributed by atoms with Crippen molar-refractivity contribution in [3.05, 3.63) is 70.1 Å². The number of benzene rings is 2. The van der Waals surface area contributed by atoms with Crippen molar-refractivity contribution < 1.29 is 0 Å². The van der Waals surface area contributed by atoms with Gasteiger partial charge < -0.3 is 0 Å². The lowest BCUT2D eigenvalue weighted by atomic mass is 10.1. The molecule has 3 rings (SSSR count). The first-order chi connectivity index (χ1) is 8.25. The average molecular weight is 220 g/mol. The van der Waals surface area contributed by atoms with E-state index in [0.717, 1.165) is 11.4 Å². The molecule has 0 unspecified atom stereocenters. The lowest BCUT2D eigenvalue weighted by molar-refractivity contribution is 1.21. The number of rotatable bonds is 1. The molecule has 0 amide bonds. The molecule has 0 spiro atoms. The van der Waals surface area contributed by atoms with E-state index in [-0.39, 0.29) is 0 Å². The maximum Gasteiger partial charge on any atom is 0.0784 e. The Morgan fingerprint density at radius 1 is 0.765 bits per heavy atom. The van der Waals surface area contributed by atoms with Gasteiger partial charge in [-0.2, -0.15) is 0 Å². The molecular weight excluding hydrogens is 206 g/mol. The first-order valence-electron chi connectivity index (χ1n) is 5.85. The predicted octanol–water partition coefficient (Wildman–Crippen LogP) is 1.90. The summed E-state index contributed by atoms with van der Waals surface area (Å²) in [4.78, 5) is 0. The van der Waals surface area contributed by atoms with Crippen molar-refractivity contribution in [2.75, 3.05) is 0 Å². The van der Waals surface area contributed by atoms with Gasteiger partial charge in [-0.15, -0.1) is 0 Å². The summed E-state index contributed by atoms with van der Waals surface area (Å²) < 4.78 is 0. The topological polar surface area (TPSA) is 14.1 Å². The second kappa shape index (κ2) is 3.77. The largest absolute Gasteiger partial charge is 0.252 e. The molecule has 0 saturated carbocycles. The molecule has 17 heavy (non-hydrogen) atoms. The van der Waals surface area contributed by atoms with Gasteiger partial charge in [0, 0.05) is 21.7 Å².